The summed E-state index contributed by atoms with van der Waals surface area (Å²) in [5, 5.41) is 13.4. The van der Waals surface area contributed by atoms with Gasteiger partial charge in [0.2, 0.25) is 0 Å². The molecule has 0 heterocycles. The van der Waals surface area contributed by atoms with Gasteiger partial charge in [-0.3, -0.25) is 4.79 Å². The number of hydrogen-bond donors (Lipinski definition) is 1. The fraction of sp³-hybridized carbons (Fsp3) is 0.286. The largest absolute Gasteiger partial charge is 0.481 e. The zero-order chi connectivity index (χ0) is 20.7. The van der Waals surface area contributed by atoms with Crippen LogP contribution in [-0.2, 0) is 14.3 Å². The molecule has 0 unspecified atom stereocenters. The summed E-state index contributed by atoms with van der Waals surface area (Å²) in [5.41, 5.74) is 4.42. The van der Waals surface area contributed by atoms with Gasteiger partial charge in [-0.25, -0.2) is 4.79 Å². The van der Waals surface area contributed by atoms with Crippen molar-refractivity contribution in [2.75, 3.05) is 18.5 Å². The molecular formula is C21H22N2O4S. The number of hydrogen-bond acceptors (Lipinski definition) is 6. The fourth-order valence-corrected chi connectivity index (χ4v) is 3.27. The minimum Gasteiger partial charge on any atom is -0.481 e. The number of nitriles is 1. The second-order valence-electron chi connectivity index (χ2n) is 6.40. The molecule has 0 atom stereocenters. The van der Waals surface area contributed by atoms with Crippen LogP contribution in [0.25, 0.3) is 0 Å². The minimum absolute atomic E-state index is 0.267. The van der Waals surface area contributed by atoms with Crippen molar-refractivity contribution in [3.63, 3.8) is 0 Å². The van der Waals surface area contributed by atoms with E-state index in [9.17, 15) is 9.59 Å². The topological polar surface area (TPSA) is 88.4 Å². The smallest absolute Gasteiger partial charge is 0.344 e. The van der Waals surface area contributed by atoms with E-state index >= 15 is 0 Å². The van der Waals surface area contributed by atoms with Crippen LogP contribution >= 0.6 is 11.8 Å². The number of thioether (sulfide) groups is 1. The van der Waals surface area contributed by atoms with Gasteiger partial charge in [0.1, 0.15) is 11.2 Å². The molecule has 0 fully saturated rings. The highest BCUT2D eigenvalue weighted by Crippen LogP contribution is 2.25. The number of anilines is 1. The van der Waals surface area contributed by atoms with Gasteiger partial charge < -0.3 is 14.8 Å². The number of thiocyanates is 1. The Morgan fingerprint density at radius 3 is 2.32 bits per heavy atom. The zero-order valence-electron chi connectivity index (χ0n) is 16.3. The van der Waals surface area contributed by atoms with Crippen molar-refractivity contribution < 1.29 is 19.1 Å². The van der Waals surface area contributed by atoms with E-state index in [1.54, 1.807) is 18.2 Å². The van der Waals surface area contributed by atoms with E-state index in [1.807, 2.05) is 45.2 Å². The Hall–Kier alpha value is -2.98. The van der Waals surface area contributed by atoms with Crippen LogP contribution in [0.15, 0.2) is 35.2 Å². The third-order valence-corrected chi connectivity index (χ3v) is 4.52. The fourth-order valence-electron chi connectivity index (χ4n) is 2.79. The van der Waals surface area contributed by atoms with Crippen LogP contribution < -0.4 is 10.1 Å². The molecule has 146 valence electrons. The molecule has 2 aromatic rings. The normalized spacial score (nSPS) is 10.1. The Morgan fingerprint density at radius 2 is 1.71 bits per heavy atom. The van der Waals surface area contributed by atoms with Gasteiger partial charge in [-0.15, -0.1) is 0 Å². The number of aryl methyl sites for hydroxylation is 4. The molecule has 1 N–H and O–H groups in total. The van der Waals surface area contributed by atoms with Crippen LogP contribution in [0, 0.1) is 38.4 Å². The Labute approximate surface area is 168 Å². The van der Waals surface area contributed by atoms with E-state index < -0.39 is 18.5 Å². The molecule has 0 aliphatic rings. The molecule has 0 spiro atoms. The second-order valence-corrected chi connectivity index (χ2v) is 7.25. The summed E-state index contributed by atoms with van der Waals surface area (Å²) in [7, 11) is 0. The summed E-state index contributed by atoms with van der Waals surface area (Å²) in [4.78, 5) is 24.7. The van der Waals surface area contributed by atoms with Gasteiger partial charge in [-0.2, -0.15) is 5.26 Å². The average Bonchev–Trinajstić information content (AvgIpc) is 2.61. The number of carbonyl (C=O) groups is 2. The van der Waals surface area contributed by atoms with Crippen molar-refractivity contribution in [3.05, 3.63) is 52.6 Å². The molecule has 7 heteroatoms. The molecule has 0 aliphatic carbocycles. The van der Waals surface area contributed by atoms with E-state index in [0.717, 1.165) is 38.9 Å². The highest BCUT2D eigenvalue weighted by molar-refractivity contribution is 8.03. The van der Waals surface area contributed by atoms with Gasteiger partial charge in [0.05, 0.1) is 0 Å². The second kappa shape index (κ2) is 9.81. The van der Waals surface area contributed by atoms with Crippen molar-refractivity contribution in [3.8, 4) is 11.2 Å². The Bertz CT molecular complexity index is 911. The van der Waals surface area contributed by atoms with Crippen LogP contribution in [-0.4, -0.2) is 25.1 Å². The first-order chi connectivity index (χ1) is 13.3. The van der Waals surface area contributed by atoms with Gasteiger partial charge in [0.15, 0.2) is 13.2 Å². The predicted molar refractivity (Wildman–Crippen MR) is 108 cm³/mol. The van der Waals surface area contributed by atoms with Crippen molar-refractivity contribution in [1.29, 1.82) is 5.26 Å². The first-order valence-corrected chi connectivity index (χ1v) is 9.44. The van der Waals surface area contributed by atoms with E-state index in [-0.39, 0.29) is 6.61 Å². The first-order valence-electron chi connectivity index (χ1n) is 8.63. The molecule has 2 rings (SSSR count). The van der Waals surface area contributed by atoms with Gasteiger partial charge in [-0.1, -0.05) is 17.7 Å². The van der Waals surface area contributed by atoms with Crippen molar-refractivity contribution in [1.82, 2.24) is 0 Å². The van der Waals surface area contributed by atoms with Crippen LogP contribution in [0.5, 0.6) is 5.75 Å². The number of esters is 1. The third kappa shape index (κ3) is 6.03. The van der Waals surface area contributed by atoms with E-state index in [1.165, 1.54) is 0 Å². The number of amides is 1. The Morgan fingerprint density at radius 1 is 1.04 bits per heavy atom. The number of benzene rings is 2. The number of carbonyl (C=O) groups excluding carboxylic acids is 2. The molecule has 0 aliphatic heterocycles. The number of nitrogens with one attached hydrogen (secondary N) is 1. The van der Waals surface area contributed by atoms with E-state index in [4.69, 9.17) is 14.7 Å². The van der Waals surface area contributed by atoms with Gasteiger partial charge in [-0.05, 0) is 74.3 Å². The first kappa shape index (κ1) is 21.3. The molecule has 6 nitrogen and oxygen atoms in total. The molecule has 2 aromatic carbocycles. The van der Waals surface area contributed by atoms with Crippen LogP contribution in [0.3, 0.4) is 0 Å². The lowest BCUT2D eigenvalue weighted by molar-refractivity contribution is -0.149. The highest BCUT2D eigenvalue weighted by Gasteiger charge is 2.12. The van der Waals surface area contributed by atoms with Crippen LogP contribution in [0.4, 0.5) is 5.69 Å². The third-order valence-electron chi connectivity index (χ3n) is 3.94. The van der Waals surface area contributed by atoms with E-state index in [2.05, 4.69) is 5.32 Å². The summed E-state index contributed by atoms with van der Waals surface area (Å²) >= 11 is 1.05. The lowest BCUT2D eigenvalue weighted by Gasteiger charge is -2.13. The average molecular weight is 398 g/mol. The molecule has 0 radical (unpaired) electrons. The molecule has 0 bridgehead atoms. The van der Waals surface area contributed by atoms with Crippen LogP contribution in [0.1, 0.15) is 22.3 Å². The molecular weight excluding hydrogens is 376 g/mol. The quantitative estimate of drug-likeness (QED) is 0.430. The standard InChI is InChI=1S/C21H22N2O4S/c1-13-7-15(3)21(16(4)8-13)27-11-20(25)26-10-19(24)23-18-6-5-17(28-12-22)9-14(18)2/h5-9H,10-11H2,1-4H3,(H,23,24). The maximum Gasteiger partial charge on any atom is 0.344 e. The van der Waals surface area contributed by atoms with Crippen molar-refractivity contribution >= 4 is 29.3 Å². The maximum absolute atomic E-state index is 12.0. The molecule has 28 heavy (non-hydrogen) atoms. The van der Waals surface area contributed by atoms with Gasteiger partial charge >= 0.3 is 5.97 Å². The minimum atomic E-state index is -0.619. The molecule has 1 amide bonds. The van der Waals surface area contributed by atoms with Crippen molar-refractivity contribution in [2.24, 2.45) is 0 Å². The number of rotatable bonds is 7. The lowest BCUT2D eigenvalue weighted by atomic mass is 10.1. The predicted octanol–water partition coefficient (Wildman–Crippen LogP) is 4.05. The molecule has 0 aromatic heterocycles. The van der Waals surface area contributed by atoms with Gasteiger partial charge in [0.25, 0.3) is 5.91 Å². The summed E-state index contributed by atoms with van der Waals surface area (Å²) in [6.45, 7) is 6.98. The molecule has 0 saturated heterocycles. The monoisotopic (exact) mass is 398 g/mol. The lowest BCUT2D eigenvalue weighted by Crippen LogP contribution is -2.24. The molecule has 0 saturated carbocycles. The van der Waals surface area contributed by atoms with Crippen molar-refractivity contribution in [2.45, 2.75) is 32.6 Å². The number of ether oxygens (including phenoxy) is 2. The zero-order valence-corrected chi connectivity index (χ0v) is 17.1. The highest BCUT2D eigenvalue weighted by atomic mass is 32.2. The maximum atomic E-state index is 12.0. The van der Waals surface area contributed by atoms with Crippen LogP contribution in [0.2, 0.25) is 0 Å². The van der Waals surface area contributed by atoms with E-state index in [0.29, 0.717) is 11.4 Å². The summed E-state index contributed by atoms with van der Waals surface area (Å²) in [5.74, 6) is -0.412. The summed E-state index contributed by atoms with van der Waals surface area (Å²) < 4.78 is 10.5. The number of nitrogens with zero attached hydrogens (tertiary/aromatic N) is 1. The SMILES string of the molecule is Cc1cc(C)c(OCC(=O)OCC(=O)Nc2ccc(SC#N)cc2C)c(C)c1. The Kier molecular flexibility index (Phi) is 7.47. The van der Waals surface area contributed by atoms with Gasteiger partial charge in [0, 0.05) is 10.6 Å². The Balaban J connectivity index is 1.83. The summed E-state index contributed by atoms with van der Waals surface area (Å²) in [6.07, 6.45) is 0. The summed E-state index contributed by atoms with van der Waals surface area (Å²) in [6, 6.07) is 9.20.